The molecule has 2 aromatic rings. The molecule has 0 spiro atoms. The van der Waals surface area contributed by atoms with Gasteiger partial charge in [0.25, 0.3) is 5.56 Å². The van der Waals surface area contributed by atoms with Crippen LogP contribution in [0.2, 0.25) is 0 Å². The van der Waals surface area contributed by atoms with E-state index >= 15 is 0 Å². The highest BCUT2D eigenvalue weighted by atomic mass is 32.2. The maximum Gasteiger partial charge on any atom is 0.329 e. The Bertz CT molecular complexity index is 985. The minimum atomic E-state index is -0.744. The van der Waals surface area contributed by atoms with E-state index in [9.17, 15) is 14.4 Å². The molecule has 0 saturated heterocycles. The SMILES string of the molecule is Cc1nc(SCC(=O)c2c(N)n(CC(C)C)c(=O)[nH]c2=O)n(CC(C)C)c1C. The number of aromatic nitrogens is 4. The molecule has 0 saturated carbocycles. The third-order valence-corrected chi connectivity index (χ3v) is 5.35. The van der Waals surface area contributed by atoms with Crippen LogP contribution in [0.1, 0.15) is 49.4 Å². The van der Waals surface area contributed by atoms with Crippen LogP contribution in [0.4, 0.5) is 5.82 Å². The lowest BCUT2D eigenvalue weighted by molar-refractivity contribution is 0.102. The summed E-state index contributed by atoms with van der Waals surface area (Å²) in [5, 5.41) is 0.738. The fraction of sp³-hybridized carbons (Fsp3) is 0.579. The van der Waals surface area contributed by atoms with Gasteiger partial charge in [-0.3, -0.25) is 19.1 Å². The Hall–Kier alpha value is -2.29. The summed E-state index contributed by atoms with van der Waals surface area (Å²) in [6.45, 7) is 13.1. The van der Waals surface area contributed by atoms with Gasteiger partial charge >= 0.3 is 5.69 Å². The Morgan fingerprint density at radius 3 is 2.25 bits per heavy atom. The average molecular weight is 408 g/mol. The van der Waals surface area contributed by atoms with Crippen molar-refractivity contribution in [2.45, 2.75) is 59.8 Å². The molecule has 2 aromatic heterocycles. The predicted molar refractivity (Wildman–Crippen MR) is 112 cm³/mol. The Balaban J connectivity index is 2.31. The number of hydrogen-bond acceptors (Lipinski definition) is 6. The zero-order valence-electron chi connectivity index (χ0n) is 17.3. The van der Waals surface area contributed by atoms with Crippen LogP contribution < -0.4 is 17.0 Å². The molecule has 0 atom stereocenters. The molecule has 2 heterocycles. The highest BCUT2D eigenvalue weighted by Gasteiger charge is 2.21. The average Bonchev–Trinajstić information content (AvgIpc) is 2.83. The quantitative estimate of drug-likeness (QED) is 0.512. The Morgan fingerprint density at radius 2 is 1.68 bits per heavy atom. The lowest BCUT2D eigenvalue weighted by atomic mass is 10.2. The van der Waals surface area contributed by atoms with E-state index in [4.69, 9.17) is 5.73 Å². The van der Waals surface area contributed by atoms with Gasteiger partial charge < -0.3 is 10.3 Å². The van der Waals surface area contributed by atoms with Gasteiger partial charge in [-0.1, -0.05) is 39.5 Å². The van der Waals surface area contributed by atoms with E-state index in [2.05, 4.69) is 28.4 Å². The lowest BCUT2D eigenvalue weighted by Crippen LogP contribution is -2.37. The highest BCUT2D eigenvalue weighted by Crippen LogP contribution is 2.23. The van der Waals surface area contributed by atoms with Crippen LogP contribution in [-0.4, -0.2) is 30.6 Å². The zero-order chi connectivity index (χ0) is 21.2. The number of nitrogens with two attached hydrogens (primary N) is 1. The highest BCUT2D eigenvalue weighted by molar-refractivity contribution is 7.99. The number of hydrogen-bond donors (Lipinski definition) is 2. The molecule has 0 bridgehead atoms. The van der Waals surface area contributed by atoms with E-state index in [1.807, 2.05) is 27.7 Å². The van der Waals surface area contributed by atoms with Gasteiger partial charge in [0.05, 0.1) is 11.4 Å². The summed E-state index contributed by atoms with van der Waals surface area (Å²) in [5.74, 6) is 0.0842. The Kier molecular flexibility index (Phi) is 6.92. The number of carbonyl (C=O) groups excluding carboxylic acids is 1. The number of nitrogen functional groups attached to an aromatic ring is 1. The first kappa shape index (κ1) is 22.0. The largest absolute Gasteiger partial charge is 0.384 e. The van der Waals surface area contributed by atoms with E-state index in [0.717, 1.165) is 23.1 Å². The van der Waals surface area contributed by atoms with Crippen molar-refractivity contribution in [2.24, 2.45) is 11.8 Å². The second-order valence-corrected chi connectivity index (χ2v) is 8.75. The number of thioether (sulfide) groups is 1. The van der Waals surface area contributed by atoms with Gasteiger partial charge in [0.15, 0.2) is 10.9 Å². The van der Waals surface area contributed by atoms with Crippen LogP contribution in [0.5, 0.6) is 0 Å². The molecule has 154 valence electrons. The zero-order valence-corrected chi connectivity index (χ0v) is 18.1. The van der Waals surface area contributed by atoms with Gasteiger partial charge in [-0.05, 0) is 25.7 Å². The minimum Gasteiger partial charge on any atom is -0.384 e. The van der Waals surface area contributed by atoms with Crippen LogP contribution in [0.15, 0.2) is 14.7 Å². The first-order valence-electron chi connectivity index (χ1n) is 9.35. The molecule has 28 heavy (non-hydrogen) atoms. The molecule has 9 heteroatoms. The maximum absolute atomic E-state index is 12.8. The van der Waals surface area contributed by atoms with Gasteiger partial charge in [-0.15, -0.1) is 0 Å². The minimum absolute atomic E-state index is 0.0150. The van der Waals surface area contributed by atoms with Crippen LogP contribution in [0.3, 0.4) is 0 Å². The number of nitrogens with zero attached hydrogens (tertiary/aromatic N) is 3. The molecule has 3 N–H and O–H groups in total. The number of nitrogens with one attached hydrogen (secondary N) is 1. The third kappa shape index (κ3) is 4.76. The van der Waals surface area contributed by atoms with Crippen molar-refractivity contribution in [1.29, 1.82) is 0 Å². The van der Waals surface area contributed by atoms with Gasteiger partial charge in [0.1, 0.15) is 11.4 Å². The molecule has 0 aliphatic heterocycles. The molecule has 0 amide bonds. The predicted octanol–water partition coefficient (Wildman–Crippen LogP) is 2.22. The number of aryl methyl sites for hydroxylation is 1. The number of carbonyl (C=O) groups is 1. The van der Waals surface area contributed by atoms with Crippen molar-refractivity contribution in [2.75, 3.05) is 11.5 Å². The normalized spacial score (nSPS) is 11.6. The summed E-state index contributed by atoms with van der Waals surface area (Å²) in [5.41, 5.74) is 6.49. The fourth-order valence-electron chi connectivity index (χ4n) is 2.92. The number of anilines is 1. The summed E-state index contributed by atoms with van der Waals surface area (Å²) < 4.78 is 3.34. The molecule has 8 nitrogen and oxygen atoms in total. The standard InChI is InChI=1S/C19H29N5O3S/c1-10(2)7-23-13(6)12(5)21-19(23)28-9-14(25)15-16(20)24(8-11(3)4)18(27)22-17(15)26/h10-11H,7-9,20H2,1-6H3,(H,22,26,27). The van der Waals surface area contributed by atoms with Crippen LogP contribution in [0, 0.1) is 25.7 Å². The van der Waals surface area contributed by atoms with E-state index in [0.29, 0.717) is 12.5 Å². The van der Waals surface area contributed by atoms with Crippen LogP contribution in [0.25, 0.3) is 0 Å². The number of aromatic amines is 1. The molecular weight excluding hydrogens is 378 g/mol. The van der Waals surface area contributed by atoms with Gasteiger partial charge in [-0.2, -0.15) is 0 Å². The maximum atomic E-state index is 12.8. The Labute approximate surface area is 168 Å². The van der Waals surface area contributed by atoms with Crippen molar-refractivity contribution in [3.63, 3.8) is 0 Å². The summed E-state index contributed by atoms with van der Waals surface area (Å²) in [4.78, 5) is 43.8. The van der Waals surface area contributed by atoms with Crippen molar-refractivity contribution >= 4 is 23.4 Å². The van der Waals surface area contributed by atoms with E-state index in [1.165, 1.54) is 16.3 Å². The summed E-state index contributed by atoms with van der Waals surface area (Å²) in [7, 11) is 0. The molecular formula is C19H29N5O3S. The van der Waals surface area contributed by atoms with Crippen molar-refractivity contribution < 1.29 is 4.79 Å². The molecule has 0 aromatic carbocycles. The monoisotopic (exact) mass is 407 g/mol. The van der Waals surface area contributed by atoms with Gasteiger partial charge in [0.2, 0.25) is 0 Å². The second kappa shape index (κ2) is 8.81. The lowest BCUT2D eigenvalue weighted by Gasteiger charge is -2.14. The number of Topliss-reactive ketones (excluding diaryl/α,β-unsaturated/α-hetero) is 1. The van der Waals surface area contributed by atoms with E-state index in [1.54, 1.807) is 0 Å². The molecule has 0 aliphatic rings. The first-order chi connectivity index (χ1) is 13.0. The van der Waals surface area contributed by atoms with Crippen molar-refractivity contribution in [3.8, 4) is 0 Å². The second-order valence-electron chi connectivity index (χ2n) is 7.81. The van der Waals surface area contributed by atoms with Gasteiger partial charge in [0, 0.05) is 18.8 Å². The van der Waals surface area contributed by atoms with Crippen LogP contribution >= 0.6 is 11.8 Å². The topological polar surface area (TPSA) is 116 Å². The smallest absolute Gasteiger partial charge is 0.329 e. The molecule has 0 unspecified atom stereocenters. The van der Waals surface area contributed by atoms with Gasteiger partial charge in [-0.25, -0.2) is 9.78 Å². The molecule has 0 aliphatic carbocycles. The number of H-pyrrole nitrogens is 1. The van der Waals surface area contributed by atoms with Crippen molar-refractivity contribution in [3.05, 3.63) is 37.8 Å². The van der Waals surface area contributed by atoms with E-state index < -0.39 is 17.0 Å². The summed E-state index contributed by atoms with van der Waals surface area (Å²) >= 11 is 1.27. The number of rotatable bonds is 8. The first-order valence-corrected chi connectivity index (χ1v) is 10.3. The van der Waals surface area contributed by atoms with Crippen LogP contribution in [-0.2, 0) is 13.1 Å². The molecule has 0 fully saturated rings. The molecule has 0 radical (unpaired) electrons. The summed E-state index contributed by atoms with van der Waals surface area (Å²) in [6, 6.07) is 0. The molecule has 2 rings (SSSR count). The fourth-order valence-corrected chi connectivity index (χ4v) is 3.89. The number of ketones is 1. The Morgan fingerprint density at radius 1 is 1.11 bits per heavy atom. The van der Waals surface area contributed by atoms with E-state index in [-0.39, 0.29) is 23.1 Å². The van der Waals surface area contributed by atoms with Crippen molar-refractivity contribution in [1.82, 2.24) is 19.1 Å². The summed E-state index contributed by atoms with van der Waals surface area (Å²) in [6.07, 6.45) is 0. The number of imidazole rings is 1. The third-order valence-electron chi connectivity index (χ3n) is 4.37.